The zero-order valence-electron chi connectivity index (χ0n) is 14.0. The second kappa shape index (κ2) is 7.49. The van der Waals surface area contributed by atoms with Gasteiger partial charge in [-0.15, -0.1) is 12.4 Å². The predicted octanol–water partition coefficient (Wildman–Crippen LogP) is 3.56. The summed E-state index contributed by atoms with van der Waals surface area (Å²) in [6.07, 6.45) is 0. The van der Waals surface area contributed by atoms with E-state index in [-0.39, 0.29) is 25.6 Å². The topological polar surface area (TPSA) is 52.5 Å². The second-order valence-electron chi connectivity index (χ2n) is 6.43. The minimum atomic E-state index is -0.687. The van der Waals surface area contributed by atoms with Crippen LogP contribution in [0.5, 0.6) is 0 Å². The Bertz CT molecular complexity index is 787. The normalized spacial score (nSPS) is 11.7. The van der Waals surface area contributed by atoms with Crippen LogP contribution in [0, 0.1) is 6.92 Å². The van der Waals surface area contributed by atoms with Gasteiger partial charge >= 0.3 is 0 Å². The molecule has 3 nitrogen and oxygen atoms in total. The van der Waals surface area contributed by atoms with Crippen molar-refractivity contribution in [2.45, 2.75) is 25.9 Å². The van der Waals surface area contributed by atoms with Crippen molar-refractivity contribution in [3.8, 4) is 0 Å². The predicted molar refractivity (Wildman–Crippen MR) is 103 cm³/mol. The Hall–Kier alpha value is -1.65. The standard InChI is InChI=1S/C20H23NO2.ClH/c1-14-15-7-3-5-9-17(15)19(11-21-20(2,12-22)13-23)18-10-6-4-8-16(14)18;/h3-10,21-23H,11-13H2,1-2H3;1H. The molecular weight excluding hydrogens is 322 g/mol. The quantitative estimate of drug-likeness (QED) is 0.620. The SMILES string of the molecule is Cc1c2ccccc2c(CNC(C)(CO)CO)c2ccccc12.Cl. The molecule has 0 aliphatic rings. The Kier molecular flexibility index (Phi) is 5.83. The zero-order chi connectivity index (χ0) is 16.4. The smallest absolute Gasteiger partial charge is 0.0633 e. The molecule has 0 aliphatic heterocycles. The number of aliphatic hydroxyl groups excluding tert-OH is 2. The lowest BCUT2D eigenvalue weighted by atomic mass is 9.92. The van der Waals surface area contributed by atoms with E-state index in [1.807, 2.05) is 6.92 Å². The highest BCUT2D eigenvalue weighted by atomic mass is 35.5. The van der Waals surface area contributed by atoms with Crippen LogP contribution in [0.1, 0.15) is 18.1 Å². The van der Waals surface area contributed by atoms with E-state index in [9.17, 15) is 10.2 Å². The number of benzene rings is 3. The van der Waals surface area contributed by atoms with Gasteiger partial charge in [-0.25, -0.2) is 0 Å². The lowest BCUT2D eigenvalue weighted by Gasteiger charge is -2.27. The molecule has 0 aromatic heterocycles. The van der Waals surface area contributed by atoms with Crippen LogP contribution in [-0.4, -0.2) is 29.0 Å². The monoisotopic (exact) mass is 345 g/mol. The molecule has 0 saturated carbocycles. The van der Waals surface area contributed by atoms with Gasteiger partial charge in [-0.2, -0.15) is 0 Å². The average molecular weight is 346 g/mol. The van der Waals surface area contributed by atoms with E-state index in [0.29, 0.717) is 6.54 Å². The highest BCUT2D eigenvalue weighted by molar-refractivity contribution is 6.05. The van der Waals surface area contributed by atoms with Gasteiger partial charge in [0.05, 0.1) is 18.8 Å². The molecule has 0 spiro atoms. The summed E-state index contributed by atoms with van der Waals surface area (Å²) in [7, 11) is 0. The molecule has 3 aromatic carbocycles. The maximum atomic E-state index is 9.51. The number of fused-ring (bicyclic) bond motifs is 2. The van der Waals surface area contributed by atoms with E-state index in [1.165, 1.54) is 32.7 Å². The molecule has 3 aromatic rings. The molecule has 0 fully saturated rings. The third-order valence-corrected chi connectivity index (χ3v) is 4.70. The first-order chi connectivity index (χ1) is 11.1. The van der Waals surface area contributed by atoms with E-state index in [2.05, 4.69) is 60.8 Å². The molecule has 0 atom stereocenters. The minimum Gasteiger partial charge on any atom is -0.394 e. The molecule has 0 bridgehead atoms. The lowest BCUT2D eigenvalue weighted by molar-refractivity contribution is 0.103. The maximum Gasteiger partial charge on any atom is 0.0633 e. The highest BCUT2D eigenvalue weighted by Crippen LogP contribution is 2.32. The first-order valence-corrected chi connectivity index (χ1v) is 7.95. The lowest BCUT2D eigenvalue weighted by Crippen LogP contribution is -2.48. The molecule has 128 valence electrons. The van der Waals surface area contributed by atoms with Crippen molar-refractivity contribution in [1.29, 1.82) is 0 Å². The largest absolute Gasteiger partial charge is 0.394 e. The van der Waals surface area contributed by atoms with Crippen LogP contribution >= 0.6 is 12.4 Å². The molecule has 4 heteroatoms. The summed E-state index contributed by atoms with van der Waals surface area (Å²) in [4.78, 5) is 0. The van der Waals surface area contributed by atoms with Crippen molar-refractivity contribution in [1.82, 2.24) is 5.32 Å². The van der Waals surface area contributed by atoms with Crippen molar-refractivity contribution in [3.05, 3.63) is 59.7 Å². The van der Waals surface area contributed by atoms with Gasteiger partial charge < -0.3 is 15.5 Å². The van der Waals surface area contributed by atoms with Gasteiger partial charge in [0, 0.05) is 6.54 Å². The second-order valence-corrected chi connectivity index (χ2v) is 6.43. The summed E-state index contributed by atoms with van der Waals surface area (Å²) in [5, 5.41) is 27.3. The molecule has 3 rings (SSSR count). The van der Waals surface area contributed by atoms with Gasteiger partial charge in [-0.05, 0) is 46.5 Å². The minimum absolute atomic E-state index is 0. The first-order valence-electron chi connectivity index (χ1n) is 7.95. The average Bonchev–Trinajstić information content (AvgIpc) is 2.61. The van der Waals surface area contributed by atoms with Crippen LogP contribution in [-0.2, 0) is 6.54 Å². The Balaban J connectivity index is 0.00000208. The van der Waals surface area contributed by atoms with E-state index in [1.54, 1.807) is 0 Å². The van der Waals surface area contributed by atoms with Gasteiger partial charge in [-0.3, -0.25) is 0 Å². The Morgan fingerprint density at radius 1 is 0.833 bits per heavy atom. The zero-order valence-corrected chi connectivity index (χ0v) is 14.9. The number of halogens is 1. The molecular formula is C20H24ClNO2. The highest BCUT2D eigenvalue weighted by Gasteiger charge is 2.22. The third-order valence-electron chi connectivity index (χ3n) is 4.70. The van der Waals surface area contributed by atoms with E-state index in [4.69, 9.17) is 0 Å². The van der Waals surface area contributed by atoms with Crippen molar-refractivity contribution in [3.63, 3.8) is 0 Å². The molecule has 3 N–H and O–H groups in total. The van der Waals surface area contributed by atoms with Crippen LogP contribution in [0.3, 0.4) is 0 Å². The van der Waals surface area contributed by atoms with E-state index < -0.39 is 5.54 Å². The van der Waals surface area contributed by atoms with Crippen LogP contribution in [0.2, 0.25) is 0 Å². The summed E-state index contributed by atoms with van der Waals surface area (Å²) in [6.45, 7) is 4.37. The van der Waals surface area contributed by atoms with Gasteiger partial charge in [0.15, 0.2) is 0 Å². The molecule has 24 heavy (non-hydrogen) atoms. The fraction of sp³-hybridized carbons (Fsp3) is 0.300. The fourth-order valence-corrected chi connectivity index (χ4v) is 3.09. The summed E-state index contributed by atoms with van der Waals surface area (Å²) in [5.74, 6) is 0. The van der Waals surface area contributed by atoms with Crippen LogP contribution in [0.15, 0.2) is 48.5 Å². The molecule has 0 amide bonds. The van der Waals surface area contributed by atoms with Gasteiger partial charge in [0.2, 0.25) is 0 Å². The maximum absolute atomic E-state index is 9.51. The molecule has 0 unspecified atom stereocenters. The first kappa shape index (κ1) is 18.7. The number of rotatable bonds is 5. The number of aliphatic hydroxyl groups is 2. The van der Waals surface area contributed by atoms with Gasteiger partial charge in [0.25, 0.3) is 0 Å². The van der Waals surface area contributed by atoms with Crippen molar-refractivity contribution < 1.29 is 10.2 Å². The number of hydrogen-bond acceptors (Lipinski definition) is 3. The fourth-order valence-electron chi connectivity index (χ4n) is 3.09. The van der Waals surface area contributed by atoms with E-state index in [0.717, 1.165) is 0 Å². The van der Waals surface area contributed by atoms with Gasteiger partial charge in [-0.1, -0.05) is 48.5 Å². The summed E-state index contributed by atoms with van der Waals surface area (Å²) < 4.78 is 0. The number of nitrogens with one attached hydrogen (secondary N) is 1. The Morgan fingerprint density at radius 3 is 1.67 bits per heavy atom. The molecule has 0 aliphatic carbocycles. The number of aryl methyl sites for hydroxylation is 1. The molecule has 0 heterocycles. The number of hydrogen-bond donors (Lipinski definition) is 3. The van der Waals surface area contributed by atoms with Gasteiger partial charge in [0.1, 0.15) is 0 Å². The van der Waals surface area contributed by atoms with Crippen LogP contribution < -0.4 is 5.32 Å². The summed E-state index contributed by atoms with van der Waals surface area (Å²) >= 11 is 0. The molecule has 0 radical (unpaired) electrons. The van der Waals surface area contributed by atoms with Crippen molar-refractivity contribution in [2.24, 2.45) is 0 Å². The van der Waals surface area contributed by atoms with E-state index >= 15 is 0 Å². The van der Waals surface area contributed by atoms with Crippen molar-refractivity contribution in [2.75, 3.05) is 13.2 Å². The molecule has 0 saturated heterocycles. The Labute approximate surface area is 148 Å². The van der Waals surface area contributed by atoms with Crippen molar-refractivity contribution >= 4 is 34.0 Å². The third kappa shape index (κ3) is 3.26. The summed E-state index contributed by atoms with van der Waals surface area (Å²) in [5.41, 5.74) is 1.80. The summed E-state index contributed by atoms with van der Waals surface area (Å²) in [6, 6.07) is 16.8. The Morgan fingerprint density at radius 2 is 1.25 bits per heavy atom. The van der Waals surface area contributed by atoms with Crippen LogP contribution in [0.4, 0.5) is 0 Å². The van der Waals surface area contributed by atoms with Crippen LogP contribution in [0.25, 0.3) is 21.5 Å².